The van der Waals surface area contributed by atoms with Crippen LogP contribution in [-0.2, 0) is 9.47 Å². The number of piperidine rings is 1. The van der Waals surface area contributed by atoms with Gasteiger partial charge in [0, 0.05) is 31.9 Å². The number of likely N-dealkylation sites (tertiary alicyclic amines) is 1. The van der Waals surface area contributed by atoms with Crippen LogP contribution in [-0.4, -0.2) is 62.5 Å². The predicted molar refractivity (Wildman–Crippen MR) is 99.5 cm³/mol. The molecule has 3 rings (SSSR count). The van der Waals surface area contributed by atoms with Crippen LogP contribution in [0.4, 0.5) is 0 Å². The summed E-state index contributed by atoms with van der Waals surface area (Å²) in [6, 6.07) is 7.45. The maximum absolute atomic E-state index is 12.8. The molecule has 0 aromatic heterocycles. The Labute approximate surface area is 155 Å². The van der Waals surface area contributed by atoms with E-state index in [1.807, 2.05) is 29.2 Å². The summed E-state index contributed by atoms with van der Waals surface area (Å²) < 4.78 is 17.2. The third-order valence-electron chi connectivity index (χ3n) is 4.97. The van der Waals surface area contributed by atoms with Crippen molar-refractivity contribution in [1.82, 2.24) is 4.90 Å². The molecule has 144 valence electrons. The van der Waals surface area contributed by atoms with Crippen LogP contribution in [0, 0.1) is 0 Å². The van der Waals surface area contributed by atoms with Crippen LogP contribution in [0.5, 0.6) is 5.75 Å². The maximum Gasteiger partial charge on any atom is 0.253 e. The van der Waals surface area contributed by atoms with Gasteiger partial charge in [0.25, 0.3) is 5.91 Å². The molecule has 26 heavy (non-hydrogen) atoms. The van der Waals surface area contributed by atoms with Crippen LogP contribution in [0.2, 0.25) is 0 Å². The SMILES string of the molecule is NCCCOC1CCN(C(=O)c2cccc(OCC3CCCO3)c2)CC1. The molecule has 0 aliphatic carbocycles. The zero-order valence-corrected chi connectivity index (χ0v) is 15.4. The lowest BCUT2D eigenvalue weighted by molar-refractivity contribution is 0.00843. The lowest BCUT2D eigenvalue weighted by Gasteiger charge is -2.32. The monoisotopic (exact) mass is 362 g/mol. The van der Waals surface area contributed by atoms with E-state index < -0.39 is 0 Å². The molecule has 1 atom stereocenters. The molecule has 1 amide bonds. The Bertz CT molecular complexity index is 567. The smallest absolute Gasteiger partial charge is 0.253 e. The van der Waals surface area contributed by atoms with Gasteiger partial charge in [-0.15, -0.1) is 0 Å². The summed E-state index contributed by atoms with van der Waals surface area (Å²) >= 11 is 0. The second-order valence-corrected chi connectivity index (χ2v) is 6.98. The van der Waals surface area contributed by atoms with Gasteiger partial charge >= 0.3 is 0 Å². The van der Waals surface area contributed by atoms with Crippen LogP contribution >= 0.6 is 0 Å². The first-order valence-electron chi connectivity index (χ1n) is 9.71. The first-order chi connectivity index (χ1) is 12.8. The molecule has 2 aliphatic heterocycles. The summed E-state index contributed by atoms with van der Waals surface area (Å²) in [6.45, 7) is 4.18. The Morgan fingerprint density at radius 3 is 2.85 bits per heavy atom. The van der Waals surface area contributed by atoms with Crippen molar-refractivity contribution in [2.45, 2.75) is 44.3 Å². The van der Waals surface area contributed by atoms with Crippen molar-refractivity contribution in [2.75, 3.05) is 39.5 Å². The van der Waals surface area contributed by atoms with Gasteiger partial charge in [0.1, 0.15) is 12.4 Å². The van der Waals surface area contributed by atoms with E-state index in [9.17, 15) is 4.79 Å². The van der Waals surface area contributed by atoms with Gasteiger partial charge in [0.15, 0.2) is 0 Å². The molecule has 2 saturated heterocycles. The van der Waals surface area contributed by atoms with Crippen molar-refractivity contribution in [3.8, 4) is 5.75 Å². The number of amides is 1. The van der Waals surface area contributed by atoms with E-state index in [4.69, 9.17) is 19.9 Å². The molecule has 1 unspecified atom stereocenters. The Morgan fingerprint density at radius 2 is 2.12 bits per heavy atom. The largest absolute Gasteiger partial charge is 0.491 e. The van der Waals surface area contributed by atoms with Gasteiger partial charge in [0.05, 0.1) is 12.2 Å². The summed E-state index contributed by atoms with van der Waals surface area (Å²) in [5, 5.41) is 0. The fraction of sp³-hybridized carbons (Fsp3) is 0.650. The number of carbonyl (C=O) groups is 1. The van der Waals surface area contributed by atoms with Gasteiger partial charge in [0.2, 0.25) is 0 Å². The maximum atomic E-state index is 12.8. The minimum Gasteiger partial charge on any atom is -0.491 e. The van der Waals surface area contributed by atoms with Crippen molar-refractivity contribution in [3.05, 3.63) is 29.8 Å². The highest BCUT2D eigenvalue weighted by Gasteiger charge is 2.24. The fourth-order valence-electron chi connectivity index (χ4n) is 3.43. The lowest BCUT2D eigenvalue weighted by Crippen LogP contribution is -2.41. The third kappa shape index (κ3) is 5.43. The Balaban J connectivity index is 1.47. The van der Waals surface area contributed by atoms with Crippen LogP contribution in [0.1, 0.15) is 42.5 Å². The quantitative estimate of drug-likeness (QED) is 0.718. The molecule has 0 radical (unpaired) electrons. The van der Waals surface area contributed by atoms with Gasteiger partial charge in [-0.3, -0.25) is 4.79 Å². The molecule has 6 heteroatoms. The molecule has 2 aliphatic rings. The summed E-state index contributed by atoms with van der Waals surface area (Å²) in [5.41, 5.74) is 6.17. The molecule has 0 bridgehead atoms. The summed E-state index contributed by atoms with van der Waals surface area (Å²) in [7, 11) is 0. The molecule has 6 nitrogen and oxygen atoms in total. The van der Waals surface area contributed by atoms with Crippen molar-refractivity contribution >= 4 is 5.91 Å². The average Bonchev–Trinajstić information content (AvgIpc) is 3.20. The summed E-state index contributed by atoms with van der Waals surface area (Å²) in [5.74, 6) is 0.791. The normalized spacial score (nSPS) is 21.1. The Hall–Kier alpha value is -1.63. The van der Waals surface area contributed by atoms with E-state index in [0.717, 1.165) is 57.6 Å². The Kier molecular flexibility index (Phi) is 7.29. The highest BCUT2D eigenvalue weighted by atomic mass is 16.5. The van der Waals surface area contributed by atoms with E-state index in [1.165, 1.54) is 0 Å². The highest BCUT2D eigenvalue weighted by Crippen LogP contribution is 2.20. The molecular formula is C20H30N2O4. The van der Waals surface area contributed by atoms with Gasteiger partial charge in [-0.05, 0) is 56.8 Å². The third-order valence-corrected chi connectivity index (χ3v) is 4.97. The number of carbonyl (C=O) groups excluding carboxylic acids is 1. The predicted octanol–water partition coefficient (Wildman–Crippen LogP) is 2.21. The van der Waals surface area contributed by atoms with Crippen LogP contribution in [0.15, 0.2) is 24.3 Å². The molecule has 1 aromatic rings. The summed E-state index contributed by atoms with van der Waals surface area (Å²) in [6.07, 6.45) is 5.20. The lowest BCUT2D eigenvalue weighted by atomic mass is 10.1. The molecule has 0 saturated carbocycles. The highest BCUT2D eigenvalue weighted by molar-refractivity contribution is 5.94. The molecule has 2 fully saturated rings. The zero-order valence-electron chi connectivity index (χ0n) is 15.4. The van der Waals surface area contributed by atoms with Crippen molar-refractivity contribution in [1.29, 1.82) is 0 Å². The van der Waals surface area contributed by atoms with Gasteiger partial charge < -0.3 is 24.8 Å². The second kappa shape index (κ2) is 9.90. The van der Waals surface area contributed by atoms with E-state index >= 15 is 0 Å². The zero-order chi connectivity index (χ0) is 18.2. The topological polar surface area (TPSA) is 74.0 Å². The number of hydrogen-bond donors (Lipinski definition) is 1. The van der Waals surface area contributed by atoms with Gasteiger partial charge in [-0.2, -0.15) is 0 Å². The molecular weight excluding hydrogens is 332 g/mol. The van der Waals surface area contributed by atoms with Crippen molar-refractivity contribution < 1.29 is 19.0 Å². The van der Waals surface area contributed by atoms with Crippen molar-refractivity contribution in [2.24, 2.45) is 5.73 Å². The number of hydrogen-bond acceptors (Lipinski definition) is 5. The van der Waals surface area contributed by atoms with Gasteiger partial charge in [-0.1, -0.05) is 6.07 Å². The van der Waals surface area contributed by atoms with Crippen molar-refractivity contribution in [3.63, 3.8) is 0 Å². The second-order valence-electron chi connectivity index (χ2n) is 6.98. The number of nitrogens with zero attached hydrogens (tertiary/aromatic N) is 1. The van der Waals surface area contributed by atoms with E-state index in [1.54, 1.807) is 0 Å². The van der Waals surface area contributed by atoms with Crippen LogP contribution in [0.25, 0.3) is 0 Å². The van der Waals surface area contributed by atoms with Crippen LogP contribution in [0.3, 0.4) is 0 Å². The number of benzene rings is 1. The van der Waals surface area contributed by atoms with E-state index in [2.05, 4.69) is 0 Å². The van der Waals surface area contributed by atoms with E-state index in [-0.39, 0.29) is 18.1 Å². The van der Waals surface area contributed by atoms with E-state index in [0.29, 0.717) is 25.3 Å². The fourth-order valence-corrected chi connectivity index (χ4v) is 3.43. The Morgan fingerprint density at radius 1 is 1.27 bits per heavy atom. The standard InChI is InChI=1S/C20H30N2O4/c21-9-3-13-24-17-7-10-22(11-8-17)20(23)16-4-1-5-18(14-16)26-15-19-6-2-12-25-19/h1,4-5,14,17,19H,2-3,6-13,15,21H2. The average molecular weight is 362 g/mol. The molecule has 1 aromatic carbocycles. The minimum atomic E-state index is 0.0629. The summed E-state index contributed by atoms with van der Waals surface area (Å²) in [4.78, 5) is 14.7. The van der Waals surface area contributed by atoms with Crippen LogP contribution < -0.4 is 10.5 Å². The molecule has 0 spiro atoms. The number of ether oxygens (including phenoxy) is 3. The minimum absolute atomic E-state index is 0.0629. The number of rotatable bonds is 8. The first-order valence-corrected chi connectivity index (χ1v) is 9.71. The molecule has 2 heterocycles. The van der Waals surface area contributed by atoms with Gasteiger partial charge in [-0.25, -0.2) is 0 Å². The molecule has 2 N–H and O–H groups in total. The first kappa shape index (κ1) is 19.1. The number of nitrogens with two attached hydrogens (primary N) is 1.